The summed E-state index contributed by atoms with van der Waals surface area (Å²) in [7, 11) is 0. The number of ether oxygens (including phenoxy) is 1. The van der Waals surface area contributed by atoms with Gasteiger partial charge in [-0.2, -0.15) is 0 Å². The molecule has 1 N–H and O–H groups in total. The van der Waals surface area contributed by atoms with E-state index in [-0.39, 0.29) is 26.4 Å². The van der Waals surface area contributed by atoms with Crippen LogP contribution in [0.15, 0.2) is 36.4 Å². The lowest BCUT2D eigenvalue weighted by atomic mass is 10.1. The summed E-state index contributed by atoms with van der Waals surface area (Å²) in [5.74, 6) is -1.64. The number of nitrogens with one attached hydrogen (secondary N) is 1. The maximum Gasteiger partial charge on any atom is 0.341 e. The molecule has 0 aliphatic carbocycles. The van der Waals surface area contributed by atoms with E-state index in [1.165, 1.54) is 24.3 Å². The first kappa shape index (κ1) is 19.5. The Bertz CT molecular complexity index is 781. The van der Waals surface area contributed by atoms with Gasteiger partial charge in [-0.05, 0) is 36.2 Å². The van der Waals surface area contributed by atoms with Crippen LogP contribution in [0.2, 0.25) is 15.1 Å². The van der Waals surface area contributed by atoms with E-state index in [1.54, 1.807) is 12.1 Å². The third-order valence-corrected chi connectivity index (χ3v) is 4.35. The smallest absolute Gasteiger partial charge is 0.341 e. The Morgan fingerprint density at radius 2 is 1.64 bits per heavy atom. The average Bonchev–Trinajstić information content (AvgIpc) is 2.58. The Morgan fingerprint density at radius 3 is 2.32 bits per heavy atom. The number of benzene rings is 2. The number of halogens is 4. The van der Waals surface area contributed by atoms with Crippen LogP contribution in [-0.4, -0.2) is 25.0 Å². The molecule has 0 spiro atoms. The van der Waals surface area contributed by atoms with E-state index >= 15 is 0 Å². The van der Waals surface area contributed by atoms with Crippen molar-refractivity contribution in [2.24, 2.45) is 0 Å². The lowest BCUT2D eigenvalue weighted by molar-refractivity contribution is -0.124. The normalized spacial score (nSPS) is 10.4. The van der Waals surface area contributed by atoms with Crippen molar-refractivity contribution in [2.75, 3.05) is 13.2 Å². The quantitative estimate of drug-likeness (QED) is 0.577. The second kappa shape index (κ2) is 9.04. The Hall–Kier alpha value is -1.82. The summed E-state index contributed by atoms with van der Waals surface area (Å²) in [6, 6.07) is 8.81. The topological polar surface area (TPSA) is 55.4 Å². The Balaban J connectivity index is 1.81. The molecule has 25 heavy (non-hydrogen) atoms. The Labute approximate surface area is 158 Å². The van der Waals surface area contributed by atoms with E-state index in [0.717, 1.165) is 5.56 Å². The van der Waals surface area contributed by atoms with Gasteiger partial charge in [0.1, 0.15) is 5.82 Å². The van der Waals surface area contributed by atoms with Crippen LogP contribution in [0.1, 0.15) is 15.9 Å². The second-order valence-electron chi connectivity index (χ2n) is 5.02. The number of rotatable bonds is 6. The molecule has 0 aliphatic heterocycles. The standard InChI is InChI=1S/C17H13Cl3FNO3/c18-12-5-6-13(19)16(20)15(12)17(24)25-9-14(23)22-8-7-10-1-3-11(21)4-2-10/h1-6H,7-9H2,(H,22,23). The number of amides is 1. The summed E-state index contributed by atoms with van der Waals surface area (Å²) >= 11 is 17.7. The third-order valence-electron chi connectivity index (χ3n) is 3.23. The van der Waals surface area contributed by atoms with E-state index in [4.69, 9.17) is 39.5 Å². The fourth-order valence-electron chi connectivity index (χ4n) is 1.97. The minimum Gasteiger partial charge on any atom is -0.452 e. The first-order valence-corrected chi connectivity index (χ1v) is 8.33. The number of hydrogen-bond acceptors (Lipinski definition) is 3. The Morgan fingerprint density at radius 1 is 1.00 bits per heavy atom. The highest BCUT2D eigenvalue weighted by Gasteiger charge is 2.19. The van der Waals surface area contributed by atoms with Crippen molar-refractivity contribution < 1.29 is 18.7 Å². The first-order chi connectivity index (χ1) is 11.9. The molecule has 132 valence electrons. The van der Waals surface area contributed by atoms with Gasteiger partial charge in [0.25, 0.3) is 5.91 Å². The van der Waals surface area contributed by atoms with Gasteiger partial charge in [0.15, 0.2) is 6.61 Å². The van der Waals surface area contributed by atoms with Gasteiger partial charge in [0, 0.05) is 6.54 Å². The minimum atomic E-state index is -0.841. The van der Waals surface area contributed by atoms with Crippen molar-refractivity contribution in [2.45, 2.75) is 6.42 Å². The van der Waals surface area contributed by atoms with E-state index in [1.807, 2.05) is 0 Å². The van der Waals surface area contributed by atoms with Crippen molar-refractivity contribution in [1.82, 2.24) is 5.32 Å². The van der Waals surface area contributed by atoms with Gasteiger partial charge in [-0.3, -0.25) is 4.79 Å². The molecule has 0 aromatic heterocycles. The number of carbonyl (C=O) groups is 2. The molecule has 1 amide bonds. The van der Waals surface area contributed by atoms with Crippen LogP contribution >= 0.6 is 34.8 Å². The number of carbonyl (C=O) groups excluding carboxylic acids is 2. The van der Waals surface area contributed by atoms with E-state index < -0.39 is 18.5 Å². The van der Waals surface area contributed by atoms with Crippen LogP contribution in [-0.2, 0) is 16.0 Å². The molecule has 0 saturated carbocycles. The highest BCUT2D eigenvalue weighted by atomic mass is 35.5. The molecule has 0 fully saturated rings. The molecule has 4 nitrogen and oxygen atoms in total. The van der Waals surface area contributed by atoms with Gasteiger partial charge >= 0.3 is 5.97 Å². The predicted octanol–water partition coefficient (Wildman–Crippen LogP) is 4.30. The molecule has 0 unspecified atom stereocenters. The van der Waals surface area contributed by atoms with Gasteiger partial charge < -0.3 is 10.1 Å². The van der Waals surface area contributed by atoms with E-state index in [9.17, 15) is 14.0 Å². The molecule has 0 saturated heterocycles. The van der Waals surface area contributed by atoms with E-state index in [2.05, 4.69) is 5.32 Å². The molecule has 0 atom stereocenters. The summed E-state index contributed by atoms with van der Waals surface area (Å²) in [5.41, 5.74) is 0.783. The highest BCUT2D eigenvalue weighted by molar-refractivity contribution is 6.46. The van der Waals surface area contributed by atoms with Crippen LogP contribution in [0.4, 0.5) is 4.39 Å². The van der Waals surface area contributed by atoms with Crippen molar-refractivity contribution in [3.05, 3.63) is 68.4 Å². The largest absolute Gasteiger partial charge is 0.452 e. The van der Waals surface area contributed by atoms with Crippen LogP contribution in [0.3, 0.4) is 0 Å². The molecule has 0 bridgehead atoms. The van der Waals surface area contributed by atoms with Crippen LogP contribution in [0, 0.1) is 5.82 Å². The van der Waals surface area contributed by atoms with Crippen molar-refractivity contribution in [3.63, 3.8) is 0 Å². The van der Waals surface area contributed by atoms with Crippen molar-refractivity contribution >= 4 is 46.7 Å². The van der Waals surface area contributed by atoms with Crippen LogP contribution in [0.5, 0.6) is 0 Å². The van der Waals surface area contributed by atoms with Crippen LogP contribution in [0.25, 0.3) is 0 Å². The average molecular weight is 405 g/mol. The maximum absolute atomic E-state index is 12.8. The minimum absolute atomic E-state index is 0.0316. The fourth-order valence-corrected chi connectivity index (χ4v) is 2.65. The van der Waals surface area contributed by atoms with Gasteiger partial charge in [0.05, 0.1) is 20.6 Å². The fraction of sp³-hybridized carbons (Fsp3) is 0.176. The second-order valence-corrected chi connectivity index (χ2v) is 6.21. The van der Waals surface area contributed by atoms with Gasteiger partial charge in [0.2, 0.25) is 0 Å². The summed E-state index contributed by atoms with van der Waals surface area (Å²) in [4.78, 5) is 23.7. The Kier molecular flexibility index (Phi) is 7.05. The summed E-state index contributed by atoms with van der Waals surface area (Å²) in [6.07, 6.45) is 0.520. The molecular weight excluding hydrogens is 392 g/mol. The summed E-state index contributed by atoms with van der Waals surface area (Å²) in [6.45, 7) is -0.165. The molecule has 0 radical (unpaired) electrons. The zero-order valence-electron chi connectivity index (χ0n) is 12.8. The first-order valence-electron chi connectivity index (χ1n) is 7.20. The predicted molar refractivity (Wildman–Crippen MR) is 94.9 cm³/mol. The summed E-state index contributed by atoms with van der Waals surface area (Å²) in [5, 5.41) is 2.79. The lowest BCUT2D eigenvalue weighted by Gasteiger charge is -2.09. The molecular formula is C17H13Cl3FNO3. The zero-order chi connectivity index (χ0) is 18.4. The van der Waals surface area contributed by atoms with Crippen LogP contribution < -0.4 is 5.32 Å². The third kappa shape index (κ3) is 5.59. The van der Waals surface area contributed by atoms with Gasteiger partial charge in [-0.1, -0.05) is 46.9 Å². The summed E-state index contributed by atoms with van der Waals surface area (Å²) < 4.78 is 17.7. The number of hydrogen-bond donors (Lipinski definition) is 1. The lowest BCUT2D eigenvalue weighted by Crippen LogP contribution is -2.30. The van der Waals surface area contributed by atoms with E-state index in [0.29, 0.717) is 13.0 Å². The monoisotopic (exact) mass is 403 g/mol. The van der Waals surface area contributed by atoms with Crippen molar-refractivity contribution in [3.8, 4) is 0 Å². The molecule has 0 aliphatic rings. The number of esters is 1. The zero-order valence-corrected chi connectivity index (χ0v) is 15.1. The molecule has 2 aromatic carbocycles. The maximum atomic E-state index is 12.8. The van der Waals surface area contributed by atoms with Gasteiger partial charge in [-0.25, -0.2) is 9.18 Å². The molecule has 2 aromatic rings. The van der Waals surface area contributed by atoms with Gasteiger partial charge in [-0.15, -0.1) is 0 Å². The molecule has 0 heterocycles. The van der Waals surface area contributed by atoms with Crippen molar-refractivity contribution in [1.29, 1.82) is 0 Å². The highest BCUT2D eigenvalue weighted by Crippen LogP contribution is 2.31. The molecule has 2 rings (SSSR count). The SMILES string of the molecule is O=C(COC(=O)c1c(Cl)ccc(Cl)c1Cl)NCCc1ccc(F)cc1. The molecule has 8 heteroatoms.